The van der Waals surface area contributed by atoms with Crippen molar-refractivity contribution < 1.29 is 21.7 Å². The Morgan fingerprint density at radius 3 is 2.09 bits per heavy atom. The van der Waals surface area contributed by atoms with Crippen LogP contribution in [-0.2, 0) is 4.79 Å². The van der Waals surface area contributed by atoms with Gasteiger partial charge in [0.05, 0.1) is 27.3 Å². The molecule has 0 radical (unpaired) electrons. The van der Waals surface area contributed by atoms with Crippen molar-refractivity contribution in [1.82, 2.24) is 0 Å². The zero-order valence-electron chi connectivity index (χ0n) is 7.60. The summed E-state index contributed by atoms with van der Waals surface area (Å²) in [6, 6.07) is 0. The molecule has 0 N–H and O–H groups in total. The summed E-state index contributed by atoms with van der Waals surface area (Å²) in [5.74, 6) is 0.188. The number of halogens is 1. The number of allylic oxidation sites excluding steroid dienone is 1. The molecular formula is C8H16ClNO. The third-order valence-corrected chi connectivity index (χ3v) is 1.06. The van der Waals surface area contributed by atoms with E-state index in [1.807, 2.05) is 34.3 Å². The molecule has 0 aromatic heterocycles. The number of rotatable bonds is 3. The van der Waals surface area contributed by atoms with Crippen LogP contribution in [0.25, 0.3) is 0 Å². The van der Waals surface area contributed by atoms with Crippen molar-refractivity contribution in [1.29, 1.82) is 0 Å². The van der Waals surface area contributed by atoms with Crippen LogP contribution in [0.4, 0.5) is 0 Å². The van der Waals surface area contributed by atoms with Gasteiger partial charge in [-0.15, -0.1) is 0 Å². The number of nitrogens with zero attached hydrogens (tertiary/aromatic N) is 1. The van der Waals surface area contributed by atoms with Gasteiger partial charge in [-0.25, -0.2) is 0 Å². The molecule has 0 saturated heterocycles. The highest BCUT2D eigenvalue weighted by atomic mass is 35.5. The van der Waals surface area contributed by atoms with Gasteiger partial charge in [0, 0.05) is 12.5 Å². The Bertz CT molecular complexity index is 147. The van der Waals surface area contributed by atoms with Gasteiger partial charge in [0.1, 0.15) is 0 Å². The summed E-state index contributed by atoms with van der Waals surface area (Å²) < 4.78 is 0.700. The standard InChI is InChI=1S/C8H16NO.ClH/c1-5-8(10)6-7-9(2,3)4;/h6-7H,5H2,1-4H3;1H/q+1;/p-1/b7-6+;. The van der Waals surface area contributed by atoms with Crippen LogP contribution in [0.3, 0.4) is 0 Å². The van der Waals surface area contributed by atoms with Gasteiger partial charge in [0.25, 0.3) is 0 Å². The van der Waals surface area contributed by atoms with E-state index in [0.29, 0.717) is 10.9 Å². The van der Waals surface area contributed by atoms with E-state index in [9.17, 15) is 4.79 Å². The number of hydrogen-bond acceptors (Lipinski definition) is 1. The molecule has 2 nitrogen and oxygen atoms in total. The van der Waals surface area contributed by atoms with Crippen molar-refractivity contribution in [3.8, 4) is 0 Å². The van der Waals surface area contributed by atoms with E-state index in [2.05, 4.69) is 0 Å². The third kappa shape index (κ3) is 9.66. The van der Waals surface area contributed by atoms with Gasteiger partial charge in [-0.1, -0.05) is 6.92 Å². The highest BCUT2D eigenvalue weighted by Crippen LogP contribution is 1.92. The Hall–Kier alpha value is -0.340. The summed E-state index contributed by atoms with van der Waals surface area (Å²) in [4.78, 5) is 10.8. The molecule has 0 unspecified atom stereocenters. The fraction of sp³-hybridized carbons (Fsp3) is 0.625. The minimum Gasteiger partial charge on any atom is -1.00 e. The van der Waals surface area contributed by atoms with Crippen molar-refractivity contribution in [2.75, 3.05) is 21.1 Å². The third-order valence-electron chi connectivity index (χ3n) is 1.06. The Kier molecular flexibility index (Phi) is 6.43. The molecule has 3 heteroatoms. The van der Waals surface area contributed by atoms with Gasteiger partial charge in [-0.3, -0.25) is 4.79 Å². The summed E-state index contributed by atoms with van der Waals surface area (Å²) in [7, 11) is 6.04. The average molecular weight is 178 g/mol. The fourth-order valence-corrected chi connectivity index (χ4v) is 0.425. The SMILES string of the molecule is CCC(=O)/C=C/[N+](C)(C)C.[Cl-]. The molecule has 0 atom stereocenters. The van der Waals surface area contributed by atoms with Crippen LogP contribution in [0.15, 0.2) is 12.3 Å². The second kappa shape index (κ2) is 5.33. The molecule has 0 aliphatic heterocycles. The highest BCUT2D eigenvalue weighted by Gasteiger charge is 2.00. The molecule has 0 saturated carbocycles. The maximum absolute atomic E-state index is 10.8. The number of carbonyl (C=O) groups is 1. The van der Waals surface area contributed by atoms with E-state index >= 15 is 0 Å². The summed E-state index contributed by atoms with van der Waals surface area (Å²) in [6.07, 6.45) is 4.11. The first-order chi connectivity index (χ1) is 4.45. The van der Waals surface area contributed by atoms with E-state index in [1.165, 1.54) is 0 Å². The van der Waals surface area contributed by atoms with Crippen molar-refractivity contribution in [2.45, 2.75) is 13.3 Å². The lowest BCUT2D eigenvalue weighted by Crippen LogP contribution is -3.00. The zero-order chi connectivity index (χ0) is 8.20. The first-order valence-electron chi connectivity index (χ1n) is 3.49. The van der Waals surface area contributed by atoms with Crippen LogP contribution >= 0.6 is 0 Å². The van der Waals surface area contributed by atoms with Crippen molar-refractivity contribution in [3.05, 3.63) is 12.3 Å². The summed E-state index contributed by atoms with van der Waals surface area (Å²) in [6.45, 7) is 1.86. The van der Waals surface area contributed by atoms with E-state index in [4.69, 9.17) is 0 Å². The molecule has 0 aliphatic rings. The summed E-state index contributed by atoms with van der Waals surface area (Å²) in [5, 5.41) is 0. The van der Waals surface area contributed by atoms with Crippen LogP contribution in [0.1, 0.15) is 13.3 Å². The second-order valence-corrected chi connectivity index (χ2v) is 3.25. The largest absolute Gasteiger partial charge is 1.00 e. The molecule has 0 aliphatic carbocycles. The summed E-state index contributed by atoms with van der Waals surface area (Å²) >= 11 is 0. The molecule has 0 amide bonds. The van der Waals surface area contributed by atoms with Crippen molar-refractivity contribution in [2.24, 2.45) is 0 Å². The van der Waals surface area contributed by atoms with E-state index in [-0.39, 0.29) is 18.2 Å². The summed E-state index contributed by atoms with van der Waals surface area (Å²) in [5.41, 5.74) is 0. The normalized spacial score (nSPS) is 11.3. The predicted octanol–water partition coefficient (Wildman–Crippen LogP) is -1.81. The molecule has 0 fully saturated rings. The van der Waals surface area contributed by atoms with E-state index < -0.39 is 0 Å². The van der Waals surface area contributed by atoms with Crippen molar-refractivity contribution in [3.63, 3.8) is 0 Å². The smallest absolute Gasteiger partial charge is 0.160 e. The number of ketones is 1. The molecule has 0 aromatic rings. The Morgan fingerprint density at radius 1 is 1.36 bits per heavy atom. The van der Waals surface area contributed by atoms with Gasteiger partial charge in [-0.05, 0) is 0 Å². The number of quaternary nitrogens is 1. The van der Waals surface area contributed by atoms with Crippen LogP contribution in [0, 0.1) is 0 Å². The highest BCUT2D eigenvalue weighted by molar-refractivity contribution is 5.88. The number of hydrogen-bond donors (Lipinski definition) is 0. The van der Waals surface area contributed by atoms with Crippen molar-refractivity contribution >= 4 is 5.78 Å². The Balaban J connectivity index is 0. The Morgan fingerprint density at radius 2 is 1.82 bits per heavy atom. The lowest BCUT2D eigenvalue weighted by atomic mass is 10.3. The fourth-order valence-electron chi connectivity index (χ4n) is 0.425. The maximum atomic E-state index is 10.8. The minimum atomic E-state index is 0. The first-order valence-corrected chi connectivity index (χ1v) is 3.49. The van der Waals surface area contributed by atoms with Gasteiger partial charge in [-0.2, -0.15) is 0 Å². The number of carbonyl (C=O) groups excluding carboxylic acids is 1. The quantitative estimate of drug-likeness (QED) is 0.367. The zero-order valence-corrected chi connectivity index (χ0v) is 8.35. The van der Waals surface area contributed by atoms with Gasteiger partial charge in [0.15, 0.2) is 5.78 Å². The van der Waals surface area contributed by atoms with Gasteiger partial charge >= 0.3 is 0 Å². The monoisotopic (exact) mass is 177 g/mol. The van der Waals surface area contributed by atoms with Crippen LogP contribution in [-0.4, -0.2) is 31.4 Å². The Labute approximate surface area is 74.9 Å². The molecular weight excluding hydrogens is 162 g/mol. The average Bonchev–Trinajstić information content (AvgIpc) is 1.81. The van der Waals surface area contributed by atoms with Crippen LogP contribution in [0.5, 0.6) is 0 Å². The molecule has 66 valence electrons. The molecule has 0 rings (SSSR count). The molecule has 0 bridgehead atoms. The molecule has 0 heterocycles. The maximum Gasteiger partial charge on any atom is 0.160 e. The van der Waals surface area contributed by atoms with Gasteiger partial charge < -0.3 is 16.9 Å². The predicted molar refractivity (Wildman–Crippen MR) is 42.5 cm³/mol. The molecule has 0 spiro atoms. The van der Waals surface area contributed by atoms with E-state index in [1.54, 1.807) is 6.08 Å². The van der Waals surface area contributed by atoms with Gasteiger partial charge in [0.2, 0.25) is 0 Å². The van der Waals surface area contributed by atoms with Crippen LogP contribution in [0.2, 0.25) is 0 Å². The van der Waals surface area contributed by atoms with E-state index in [0.717, 1.165) is 0 Å². The van der Waals surface area contributed by atoms with Crippen LogP contribution < -0.4 is 12.4 Å². The first kappa shape index (κ1) is 13.3. The molecule has 11 heavy (non-hydrogen) atoms. The lowest BCUT2D eigenvalue weighted by Gasteiger charge is -2.16. The minimum absolute atomic E-state index is 0. The topological polar surface area (TPSA) is 17.1 Å². The lowest BCUT2D eigenvalue weighted by molar-refractivity contribution is -0.817. The second-order valence-electron chi connectivity index (χ2n) is 3.25. The molecule has 0 aromatic carbocycles.